The first-order valence-electron chi connectivity index (χ1n) is 6.06. The van der Waals surface area contributed by atoms with Gasteiger partial charge < -0.3 is 15.3 Å². The first kappa shape index (κ1) is 12.6. The van der Waals surface area contributed by atoms with Gasteiger partial charge in [-0.3, -0.25) is 0 Å². The van der Waals surface area contributed by atoms with E-state index >= 15 is 0 Å². The third-order valence-corrected chi connectivity index (χ3v) is 3.09. The molecule has 1 aromatic carbocycles. The molecule has 0 unspecified atom stereocenters. The molecule has 0 fully saturated rings. The molecule has 0 saturated carbocycles. The minimum absolute atomic E-state index is 0.124. The monoisotopic (exact) mass is 245 g/mol. The molecule has 0 saturated heterocycles. The van der Waals surface area contributed by atoms with Crippen molar-refractivity contribution in [1.29, 1.82) is 0 Å². The van der Waals surface area contributed by atoms with Crippen LogP contribution in [0.2, 0.25) is 0 Å². The highest BCUT2D eigenvalue weighted by Crippen LogP contribution is 2.30. The van der Waals surface area contributed by atoms with Gasteiger partial charge in [0.2, 0.25) is 0 Å². The largest absolute Gasteiger partial charge is 0.395 e. The third kappa shape index (κ3) is 2.24. The number of hydrogen-bond donors (Lipinski definition) is 2. The van der Waals surface area contributed by atoms with Crippen LogP contribution in [0.15, 0.2) is 24.4 Å². The number of aliphatic hydroxyl groups is 1. The van der Waals surface area contributed by atoms with Gasteiger partial charge in [0.05, 0.1) is 18.5 Å². The molecular weight excluding hydrogens is 226 g/mol. The summed E-state index contributed by atoms with van der Waals surface area (Å²) in [4.78, 5) is 6.45. The van der Waals surface area contributed by atoms with Gasteiger partial charge >= 0.3 is 0 Å². The van der Waals surface area contributed by atoms with Crippen molar-refractivity contribution < 1.29 is 5.11 Å². The number of fused-ring (bicyclic) bond motifs is 1. The van der Waals surface area contributed by atoms with Gasteiger partial charge in [-0.05, 0) is 13.0 Å². The van der Waals surface area contributed by atoms with Crippen LogP contribution < -0.4 is 10.2 Å². The van der Waals surface area contributed by atoms with Crippen LogP contribution in [0.25, 0.3) is 10.8 Å². The van der Waals surface area contributed by atoms with E-state index in [1.807, 2.05) is 25.2 Å². The van der Waals surface area contributed by atoms with Gasteiger partial charge in [-0.25, -0.2) is 4.98 Å². The fourth-order valence-corrected chi connectivity index (χ4v) is 2.10. The maximum Gasteiger partial charge on any atom is 0.136 e. The smallest absolute Gasteiger partial charge is 0.136 e. The van der Waals surface area contributed by atoms with Gasteiger partial charge in [-0.1, -0.05) is 17.7 Å². The average Bonchev–Trinajstić information content (AvgIpc) is 2.37. The van der Waals surface area contributed by atoms with Crippen LogP contribution in [0.3, 0.4) is 0 Å². The van der Waals surface area contributed by atoms with Gasteiger partial charge in [0.1, 0.15) is 5.82 Å². The summed E-state index contributed by atoms with van der Waals surface area (Å²) in [7, 11) is 3.84. The fourth-order valence-electron chi connectivity index (χ4n) is 2.10. The molecule has 0 bridgehead atoms. The van der Waals surface area contributed by atoms with E-state index in [-0.39, 0.29) is 6.61 Å². The van der Waals surface area contributed by atoms with E-state index in [0.29, 0.717) is 6.54 Å². The number of rotatable bonds is 4. The quantitative estimate of drug-likeness (QED) is 0.865. The predicted molar refractivity (Wildman–Crippen MR) is 76.4 cm³/mol. The topological polar surface area (TPSA) is 48.4 Å². The summed E-state index contributed by atoms with van der Waals surface area (Å²) in [6.45, 7) is 2.78. The number of anilines is 2. The van der Waals surface area contributed by atoms with Gasteiger partial charge in [0.25, 0.3) is 0 Å². The number of hydrogen-bond acceptors (Lipinski definition) is 4. The molecule has 0 spiro atoms. The second kappa shape index (κ2) is 5.23. The molecule has 4 nitrogen and oxygen atoms in total. The molecule has 0 radical (unpaired) electrons. The first-order chi connectivity index (χ1) is 8.67. The molecule has 2 aromatic rings. The van der Waals surface area contributed by atoms with Gasteiger partial charge in [0, 0.05) is 31.4 Å². The molecule has 4 heteroatoms. The Balaban J connectivity index is 2.63. The zero-order valence-electron chi connectivity index (χ0n) is 11.1. The molecule has 18 heavy (non-hydrogen) atoms. The van der Waals surface area contributed by atoms with Crippen LogP contribution in [0.4, 0.5) is 11.5 Å². The minimum Gasteiger partial charge on any atom is -0.395 e. The molecule has 96 valence electrons. The van der Waals surface area contributed by atoms with E-state index in [1.165, 1.54) is 5.56 Å². The molecular formula is C14H19N3O. The van der Waals surface area contributed by atoms with Gasteiger partial charge in [0.15, 0.2) is 0 Å². The van der Waals surface area contributed by atoms with Crippen LogP contribution in [0.1, 0.15) is 5.56 Å². The Morgan fingerprint density at radius 2 is 2.11 bits per heavy atom. The summed E-state index contributed by atoms with van der Waals surface area (Å²) < 4.78 is 0. The van der Waals surface area contributed by atoms with Crippen LogP contribution in [-0.4, -0.2) is 37.3 Å². The number of pyridine rings is 1. The summed E-state index contributed by atoms with van der Waals surface area (Å²) in [6.07, 6.45) is 1.84. The standard InChI is InChI=1S/C14H19N3O/c1-10-4-5-11-12(8-10)13(15-2)9-16-14(11)17(3)6-7-18/h4-5,8-9,15,18H,6-7H2,1-3H3. The SMILES string of the molecule is CNc1cnc(N(C)CCO)c2ccc(C)cc12. The lowest BCUT2D eigenvalue weighted by atomic mass is 10.1. The first-order valence-corrected chi connectivity index (χ1v) is 6.06. The van der Waals surface area contributed by atoms with Crippen molar-refractivity contribution in [2.45, 2.75) is 6.92 Å². The Labute approximate surface area is 107 Å². The highest BCUT2D eigenvalue weighted by molar-refractivity contribution is 6.00. The molecule has 1 heterocycles. The summed E-state index contributed by atoms with van der Waals surface area (Å²) >= 11 is 0. The van der Waals surface area contributed by atoms with Crippen molar-refractivity contribution in [3.63, 3.8) is 0 Å². The molecule has 0 aliphatic heterocycles. The molecule has 0 atom stereocenters. The van der Waals surface area contributed by atoms with Crippen molar-refractivity contribution in [1.82, 2.24) is 4.98 Å². The number of likely N-dealkylation sites (N-methyl/N-ethyl adjacent to an activating group) is 1. The summed E-state index contributed by atoms with van der Waals surface area (Å²) in [5, 5.41) is 14.5. The lowest BCUT2D eigenvalue weighted by Gasteiger charge is -2.20. The molecule has 1 aromatic heterocycles. The molecule has 2 N–H and O–H groups in total. The van der Waals surface area contributed by atoms with E-state index in [0.717, 1.165) is 22.3 Å². The molecule has 0 aliphatic carbocycles. The second-order valence-electron chi connectivity index (χ2n) is 4.44. The molecule has 0 aliphatic rings. The van der Waals surface area contributed by atoms with Crippen LogP contribution in [-0.2, 0) is 0 Å². The molecule has 0 amide bonds. The van der Waals surface area contributed by atoms with Crippen molar-refractivity contribution >= 4 is 22.3 Å². The zero-order chi connectivity index (χ0) is 13.1. The number of nitrogens with zero attached hydrogens (tertiary/aromatic N) is 2. The Morgan fingerprint density at radius 1 is 1.33 bits per heavy atom. The average molecular weight is 245 g/mol. The van der Waals surface area contributed by atoms with E-state index in [4.69, 9.17) is 5.11 Å². The molecule has 2 rings (SSSR count). The highest BCUT2D eigenvalue weighted by Gasteiger charge is 2.10. The van der Waals surface area contributed by atoms with Crippen LogP contribution >= 0.6 is 0 Å². The van der Waals surface area contributed by atoms with Crippen molar-refractivity contribution in [2.75, 3.05) is 37.5 Å². The van der Waals surface area contributed by atoms with Crippen LogP contribution in [0.5, 0.6) is 0 Å². The van der Waals surface area contributed by atoms with Gasteiger partial charge in [-0.15, -0.1) is 0 Å². The predicted octanol–water partition coefficient (Wildman–Crippen LogP) is 2.01. The van der Waals surface area contributed by atoms with E-state index in [1.54, 1.807) is 0 Å². The lowest BCUT2D eigenvalue weighted by Crippen LogP contribution is -2.22. The van der Waals surface area contributed by atoms with Crippen molar-refractivity contribution in [2.24, 2.45) is 0 Å². The number of aliphatic hydroxyl groups excluding tert-OH is 1. The van der Waals surface area contributed by atoms with Gasteiger partial charge in [-0.2, -0.15) is 0 Å². The maximum atomic E-state index is 9.03. The second-order valence-corrected chi connectivity index (χ2v) is 4.44. The number of aryl methyl sites for hydroxylation is 1. The summed E-state index contributed by atoms with van der Waals surface area (Å²) in [5.74, 6) is 0.901. The number of aromatic nitrogens is 1. The maximum absolute atomic E-state index is 9.03. The van der Waals surface area contributed by atoms with E-state index in [2.05, 4.69) is 35.4 Å². The highest BCUT2D eigenvalue weighted by atomic mass is 16.3. The number of nitrogens with one attached hydrogen (secondary N) is 1. The van der Waals surface area contributed by atoms with Crippen molar-refractivity contribution in [3.8, 4) is 0 Å². The van der Waals surface area contributed by atoms with E-state index in [9.17, 15) is 0 Å². The Bertz CT molecular complexity index is 554. The summed E-state index contributed by atoms with van der Waals surface area (Å²) in [5.41, 5.74) is 2.25. The Morgan fingerprint density at radius 3 is 2.78 bits per heavy atom. The Hall–Kier alpha value is -1.81. The third-order valence-electron chi connectivity index (χ3n) is 3.09. The summed E-state index contributed by atoms with van der Waals surface area (Å²) in [6, 6.07) is 6.32. The van der Waals surface area contributed by atoms with E-state index < -0.39 is 0 Å². The lowest BCUT2D eigenvalue weighted by molar-refractivity contribution is 0.304. The number of benzene rings is 1. The minimum atomic E-state index is 0.124. The van der Waals surface area contributed by atoms with Crippen LogP contribution in [0, 0.1) is 6.92 Å². The van der Waals surface area contributed by atoms with Crippen molar-refractivity contribution in [3.05, 3.63) is 30.0 Å². The fraction of sp³-hybridized carbons (Fsp3) is 0.357. The zero-order valence-corrected chi connectivity index (χ0v) is 11.1. The Kier molecular flexibility index (Phi) is 3.67. The normalized spacial score (nSPS) is 10.7.